The second-order valence-electron chi connectivity index (χ2n) is 10.8. The highest BCUT2D eigenvalue weighted by molar-refractivity contribution is 5.78. The Morgan fingerprint density at radius 3 is 2.30 bits per heavy atom. The predicted molar refractivity (Wildman–Crippen MR) is 127 cm³/mol. The van der Waals surface area contributed by atoms with Crippen molar-refractivity contribution in [3.63, 3.8) is 0 Å². The molecule has 178 valence electrons. The van der Waals surface area contributed by atoms with Gasteiger partial charge in [0.25, 0.3) is 5.69 Å². The Bertz CT molecular complexity index is 1000. The van der Waals surface area contributed by atoms with E-state index >= 15 is 0 Å². The first kappa shape index (κ1) is 24.7. The second kappa shape index (κ2) is 9.49. The number of nitro benzene ring substituents is 1. The number of carbonyl (C=O) groups is 1. The van der Waals surface area contributed by atoms with Crippen molar-refractivity contribution in [3.05, 3.63) is 57.9 Å². The third kappa shape index (κ3) is 5.89. The monoisotopic (exact) mass is 456 g/mol. The van der Waals surface area contributed by atoms with Gasteiger partial charge >= 0.3 is 0 Å². The van der Waals surface area contributed by atoms with Gasteiger partial charge in [0, 0.05) is 6.07 Å². The molecular weight excluding hydrogens is 423 g/mol. The molecule has 7 heteroatoms. The van der Waals surface area contributed by atoms with E-state index in [1.807, 2.05) is 12.1 Å². The molecule has 1 N–H and O–H groups in total. The van der Waals surface area contributed by atoms with Crippen molar-refractivity contribution >= 4 is 17.8 Å². The smallest absolute Gasteiger partial charge is 0.295 e. The zero-order valence-electron chi connectivity index (χ0n) is 20.0. The Hall–Kier alpha value is -2.96. The molecule has 1 atom stereocenters. The van der Waals surface area contributed by atoms with Crippen molar-refractivity contribution in [1.82, 2.24) is 0 Å². The minimum atomic E-state index is -0.875. The number of anilines is 1. The van der Waals surface area contributed by atoms with E-state index in [1.165, 1.54) is 31.2 Å². The van der Waals surface area contributed by atoms with E-state index in [0.29, 0.717) is 29.4 Å². The highest BCUT2D eigenvalue weighted by Gasteiger charge is 2.37. The summed E-state index contributed by atoms with van der Waals surface area (Å²) in [4.78, 5) is 21.1. The lowest BCUT2D eigenvalue weighted by Crippen LogP contribution is -2.31. The van der Waals surface area contributed by atoms with E-state index in [9.17, 15) is 19.3 Å². The highest BCUT2D eigenvalue weighted by atomic mass is 19.1. The summed E-state index contributed by atoms with van der Waals surface area (Å²) < 4.78 is 20.1. The molecular formula is C26H33FN2O4. The molecule has 0 heterocycles. The first-order valence-corrected chi connectivity index (χ1v) is 11.4. The number of amides is 1. The number of halogens is 1. The predicted octanol–water partition coefficient (Wildman–Crippen LogP) is 7.44. The Morgan fingerprint density at radius 2 is 1.79 bits per heavy atom. The summed E-state index contributed by atoms with van der Waals surface area (Å²) in [7, 11) is 0. The fourth-order valence-corrected chi connectivity index (χ4v) is 5.06. The molecule has 6 nitrogen and oxygen atoms in total. The Kier molecular flexibility index (Phi) is 7.10. The van der Waals surface area contributed by atoms with E-state index in [2.05, 4.69) is 39.9 Å². The topological polar surface area (TPSA) is 81.5 Å². The van der Waals surface area contributed by atoms with Crippen molar-refractivity contribution < 1.29 is 18.8 Å². The van der Waals surface area contributed by atoms with Crippen molar-refractivity contribution in [1.29, 1.82) is 0 Å². The summed E-state index contributed by atoms with van der Waals surface area (Å²) in [5.74, 6) is 0.344. The summed E-state index contributed by atoms with van der Waals surface area (Å²) >= 11 is 0. The van der Waals surface area contributed by atoms with Gasteiger partial charge < -0.3 is 10.1 Å². The lowest BCUT2D eigenvalue weighted by Gasteiger charge is -2.43. The third-order valence-electron chi connectivity index (χ3n) is 6.72. The van der Waals surface area contributed by atoms with E-state index in [0.717, 1.165) is 12.1 Å². The molecule has 0 aromatic heterocycles. The summed E-state index contributed by atoms with van der Waals surface area (Å²) in [6.45, 7) is 11.5. The zero-order valence-corrected chi connectivity index (χ0v) is 20.0. The lowest BCUT2D eigenvalue weighted by molar-refractivity contribution is -0.384. The molecule has 0 radical (unpaired) electrons. The van der Waals surface area contributed by atoms with Gasteiger partial charge in [0.05, 0.1) is 11.0 Å². The van der Waals surface area contributed by atoms with Crippen LogP contribution in [0.5, 0.6) is 11.5 Å². The van der Waals surface area contributed by atoms with E-state index in [1.54, 1.807) is 12.1 Å². The standard InChI is InChI=1S/C26H33FN2O4/c1-25(2,3)24(18-10-12-26(4,5)13-11-18)17-6-8-19(9-7-17)33-23-15-21(28-16-30)22(29(31)32)14-20(23)27/h6-9,14-16,18,24H,10-13H2,1-5H3,(H,28,30). The number of nitro groups is 1. The summed E-state index contributed by atoms with van der Waals surface area (Å²) in [5.41, 5.74) is 1.06. The Balaban J connectivity index is 1.84. The molecule has 1 unspecified atom stereocenters. The molecule has 1 amide bonds. The van der Waals surface area contributed by atoms with Crippen LogP contribution in [0.2, 0.25) is 0 Å². The fraction of sp³-hybridized carbons (Fsp3) is 0.500. The zero-order chi connectivity index (χ0) is 24.4. The molecule has 2 aromatic carbocycles. The number of hydrogen-bond donors (Lipinski definition) is 1. The minimum Gasteiger partial charge on any atom is -0.454 e. The van der Waals surface area contributed by atoms with Crippen LogP contribution in [0.1, 0.15) is 71.8 Å². The van der Waals surface area contributed by atoms with Gasteiger partial charge in [-0.1, -0.05) is 46.8 Å². The van der Waals surface area contributed by atoms with Gasteiger partial charge in [-0.3, -0.25) is 14.9 Å². The molecule has 3 rings (SSSR count). The molecule has 2 aromatic rings. The number of nitrogens with one attached hydrogen (secondary N) is 1. The Morgan fingerprint density at radius 1 is 1.18 bits per heavy atom. The van der Waals surface area contributed by atoms with Gasteiger partial charge in [-0.05, 0) is 66.0 Å². The van der Waals surface area contributed by atoms with Crippen LogP contribution in [0.3, 0.4) is 0 Å². The molecule has 0 bridgehead atoms. The largest absolute Gasteiger partial charge is 0.454 e. The first-order valence-electron chi connectivity index (χ1n) is 11.4. The van der Waals surface area contributed by atoms with Crippen LogP contribution in [-0.4, -0.2) is 11.3 Å². The third-order valence-corrected chi connectivity index (χ3v) is 6.72. The van der Waals surface area contributed by atoms with E-state index < -0.39 is 16.4 Å². The fourth-order valence-electron chi connectivity index (χ4n) is 5.06. The van der Waals surface area contributed by atoms with Crippen molar-refractivity contribution in [3.8, 4) is 11.5 Å². The maximum absolute atomic E-state index is 14.4. The van der Waals surface area contributed by atoms with Gasteiger partial charge in [0.15, 0.2) is 11.6 Å². The number of benzene rings is 2. The van der Waals surface area contributed by atoms with Crippen LogP contribution in [0, 0.1) is 32.7 Å². The maximum atomic E-state index is 14.4. The molecule has 33 heavy (non-hydrogen) atoms. The van der Waals surface area contributed by atoms with E-state index in [-0.39, 0.29) is 16.9 Å². The number of nitrogens with zero attached hydrogens (tertiary/aromatic N) is 1. The van der Waals surface area contributed by atoms with Crippen LogP contribution >= 0.6 is 0 Å². The number of carbonyl (C=O) groups excluding carboxylic acids is 1. The second-order valence-corrected chi connectivity index (χ2v) is 10.8. The normalized spacial score (nSPS) is 17.3. The number of hydrogen-bond acceptors (Lipinski definition) is 4. The van der Waals surface area contributed by atoms with Crippen molar-refractivity contribution in [2.45, 2.75) is 66.2 Å². The summed E-state index contributed by atoms with van der Waals surface area (Å²) in [6.07, 6.45) is 5.16. The molecule has 0 saturated heterocycles. The van der Waals surface area contributed by atoms with Gasteiger partial charge in [0.2, 0.25) is 6.41 Å². The van der Waals surface area contributed by atoms with Gasteiger partial charge in [-0.2, -0.15) is 0 Å². The van der Waals surface area contributed by atoms with Gasteiger partial charge in [0.1, 0.15) is 11.4 Å². The quantitative estimate of drug-likeness (QED) is 0.267. The van der Waals surface area contributed by atoms with Crippen LogP contribution in [-0.2, 0) is 4.79 Å². The first-order chi connectivity index (χ1) is 15.4. The number of rotatable bonds is 7. The molecule has 0 spiro atoms. The molecule has 1 aliphatic rings. The maximum Gasteiger partial charge on any atom is 0.295 e. The van der Waals surface area contributed by atoms with Crippen LogP contribution < -0.4 is 10.1 Å². The van der Waals surface area contributed by atoms with Crippen molar-refractivity contribution in [2.75, 3.05) is 5.32 Å². The minimum absolute atomic E-state index is 0.0917. The van der Waals surface area contributed by atoms with Crippen LogP contribution in [0.4, 0.5) is 15.8 Å². The van der Waals surface area contributed by atoms with Crippen LogP contribution in [0.15, 0.2) is 36.4 Å². The molecule has 1 aliphatic carbocycles. The molecule has 1 saturated carbocycles. The SMILES string of the molecule is CC1(C)CCC(C(c2ccc(Oc3cc(NC=O)c([N+](=O)[O-])cc3F)cc2)C(C)(C)C)CC1. The summed E-state index contributed by atoms with van der Waals surface area (Å²) in [5, 5.41) is 13.3. The van der Waals surface area contributed by atoms with Crippen LogP contribution in [0.25, 0.3) is 0 Å². The Labute approximate surface area is 194 Å². The average Bonchev–Trinajstić information content (AvgIpc) is 2.72. The summed E-state index contributed by atoms with van der Waals surface area (Å²) in [6, 6.07) is 9.52. The average molecular weight is 457 g/mol. The van der Waals surface area contributed by atoms with Gasteiger partial charge in [-0.15, -0.1) is 0 Å². The lowest BCUT2D eigenvalue weighted by atomic mass is 9.62. The molecule has 0 aliphatic heterocycles. The van der Waals surface area contributed by atoms with Gasteiger partial charge in [-0.25, -0.2) is 4.39 Å². The van der Waals surface area contributed by atoms with Crippen molar-refractivity contribution in [2.24, 2.45) is 16.7 Å². The number of ether oxygens (including phenoxy) is 1. The highest BCUT2D eigenvalue weighted by Crippen LogP contribution is 2.50. The molecule has 1 fully saturated rings. The van der Waals surface area contributed by atoms with E-state index in [4.69, 9.17) is 4.74 Å².